The lowest BCUT2D eigenvalue weighted by molar-refractivity contribution is -0.123. The Morgan fingerprint density at radius 2 is 1.95 bits per heavy atom. The molecule has 0 aliphatic heterocycles. The van der Waals surface area contributed by atoms with Gasteiger partial charge in [0.05, 0.1) is 23.3 Å². The first-order valence-corrected chi connectivity index (χ1v) is 6.37. The normalized spacial score (nSPS) is 12.4. The SMILES string of the molecule is CC(C)C(N)C(=O)NN=Cc1ccc2nccnc2c1.Cl. The smallest absolute Gasteiger partial charge is 0.257 e. The van der Waals surface area contributed by atoms with Crippen molar-refractivity contribution in [3.05, 3.63) is 36.2 Å². The molecule has 1 aromatic heterocycles. The Hall–Kier alpha value is -2.05. The highest BCUT2D eigenvalue weighted by atomic mass is 35.5. The summed E-state index contributed by atoms with van der Waals surface area (Å²) in [5.74, 6) is -0.224. The van der Waals surface area contributed by atoms with Gasteiger partial charge in [-0.3, -0.25) is 14.8 Å². The third-order valence-corrected chi connectivity index (χ3v) is 2.90. The maximum absolute atomic E-state index is 11.6. The van der Waals surface area contributed by atoms with E-state index >= 15 is 0 Å². The molecule has 0 radical (unpaired) electrons. The van der Waals surface area contributed by atoms with E-state index in [1.165, 1.54) is 0 Å². The van der Waals surface area contributed by atoms with Gasteiger partial charge in [0.2, 0.25) is 0 Å². The number of nitrogens with zero attached hydrogens (tertiary/aromatic N) is 3. The molecule has 0 spiro atoms. The summed E-state index contributed by atoms with van der Waals surface area (Å²) in [6.07, 6.45) is 4.83. The molecule has 2 aromatic rings. The van der Waals surface area contributed by atoms with Crippen molar-refractivity contribution < 1.29 is 4.79 Å². The largest absolute Gasteiger partial charge is 0.320 e. The molecule has 7 heteroatoms. The van der Waals surface area contributed by atoms with E-state index in [-0.39, 0.29) is 24.2 Å². The van der Waals surface area contributed by atoms with E-state index in [0.717, 1.165) is 16.6 Å². The van der Waals surface area contributed by atoms with Crippen molar-refractivity contribution in [3.63, 3.8) is 0 Å². The molecule has 1 aromatic carbocycles. The minimum Gasteiger partial charge on any atom is -0.320 e. The fourth-order valence-electron chi connectivity index (χ4n) is 1.61. The predicted molar refractivity (Wildman–Crippen MR) is 85.3 cm³/mol. The fraction of sp³-hybridized carbons (Fsp3) is 0.286. The van der Waals surface area contributed by atoms with Gasteiger partial charge in [0, 0.05) is 12.4 Å². The second kappa shape index (κ2) is 7.66. The lowest BCUT2D eigenvalue weighted by Crippen LogP contribution is -2.42. The molecule has 0 fully saturated rings. The van der Waals surface area contributed by atoms with Gasteiger partial charge in [-0.25, -0.2) is 5.43 Å². The zero-order chi connectivity index (χ0) is 14.5. The quantitative estimate of drug-likeness (QED) is 0.661. The molecular weight excluding hydrogens is 290 g/mol. The highest BCUT2D eigenvalue weighted by Crippen LogP contribution is 2.09. The second-order valence-corrected chi connectivity index (χ2v) is 4.81. The molecule has 1 atom stereocenters. The fourth-order valence-corrected chi connectivity index (χ4v) is 1.61. The minimum atomic E-state index is -0.561. The molecule has 1 unspecified atom stereocenters. The van der Waals surface area contributed by atoms with Crippen molar-refractivity contribution in [3.8, 4) is 0 Å². The van der Waals surface area contributed by atoms with Crippen LogP contribution in [0.1, 0.15) is 19.4 Å². The number of nitrogens with two attached hydrogens (primary N) is 1. The summed E-state index contributed by atoms with van der Waals surface area (Å²) in [7, 11) is 0. The standard InChI is InChI=1S/C14H17N5O.ClH/c1-9(2)13(15)14(20)19-18-8-10-3-4-11-12(7-10)17-6-5-16-11;/h3-9,13H,15H2,1-2H3,(H,19,20);1H. The van der Waals surface area contributed by atoms with E-state index in [0.29, 0.717) is 0 Å². The van der Waals surface area contributed by atoms with Gasteiger partial charge in [-0.15, -0.1) is 12.4 Å². The van der Waals surface area contributed by atoms with Gasteiger partial charge in [-0.1, -0.05) is 19.9 Å². The number of hydrazone groups is 1. The van der Waals surface area contributed by atoms with E-state index in [1.807, 2.05) is 32.0 Å². The number of benzene rings is 1. The van der Waals surface area contributed by atoms with E-state index in [9.17, 15) is 4.79 Å². The summed E-state index contributed by atoms with van der Waals surface area (Å²) >= 11 is 0. The molecule has 0 aliphatic rings. The van der Waals surface area contributed by atoms with Gasteiger partial charge in [-0.05, 0) is 23.6 Å². The van der Waals surface area contributed by atoms with Crippen LogP contribution in [0.15, 0.2) is 35.7 Å². The molecule has 0 saturated heterocycles. The van der Waals surface area contributed by atoms with Gasteiger partial charge in [0.25, 0.3) is 5.91 Å². The first kappa shape index (κ1) is 17.0. The van der Waals surface area contributed by atoms with Gasteiger partial charge in [0.1, 0.15) is 0 Å². The summed E-state index contributed by atoms with van der Waals surface area (Å²) in [5.41, 5.74) is 10.6. The zero-order valence-corrected chi connectivity index (χ0v) is 12.7. The lowest BCUT2D eigenvalue weighted by atomic mass is 10.1. The molecule has 21 heavy (non-hydrogen) atoms. The van der Waals surface area contributed by atoms with Crippen molar-refractivity contribution >= 4 is 35.6 Å². The highest BCUT2D eigenvalue weighted by Gasteiger charge is 2.15. The van der Waals surface area contributed by atoms with Gasteiger partial charge in [0.15, 0.2) is 0 Å². The Bertz CT molecular complexity index is 644. The van der Waals surface area contributed by atoms with Gasteiger partial charge in [-0.2, -0.15) is 5.10 Å². The number of hydrogen-bond acceptors (Lipinski definition) is 5. The maximum atomic E-state index is 11.6. The lowest BCUT2D eigenvalue weighted by Gasteiger charge is -2.12. The molecule has 2 rings (SSSR count). The zero-order valence-electron chi connectivity index (χ0n) is 11.9. The van der Waals surface area contributed by atoms with E-state index in [1.54, 1.807) is 18.6 Å². The Kier molecular flexibility index (Phi) is 6.20. The van der Waals surface area contributed by atoms with Crippen LogP contribution in [-0.4, -0.2) is 28.1 Å². The average molecular weight is 308 g/mol. The summed E-state index contributed by atoms with van der Waals surface area (Å²) in [4.78, 5) is 20.0. The Morgan fingerprint density at radius 1 is 1.29 bits per heavy atom. The number of halogens is 1. The van der Waals surface area contributed by atoms with Crippen LogP contribution >= 0.6 is 12.4 Å². The summed E-state index contributed by atoms with van der Waals surface area (Å²) < 4.78 is 0. The maximum Gasteiger partial charge on any atom is 0.257 e. The van der Waals surface area contributed by atoms with Crippen molar-refractivity contribution in [2.45, 2.75) is 19.9 Å². The third-order valence-electron chi connectivity index (χ3n) is 2.90. The summed E-state index contributed by atoms with van der Waals surface area (Å²) in [6, 6.07) is 5.00. The first-order chi connectivity index (χ1) is 9.58. The second-order valence-electron chi connectivity index (χ2n) is 4.81. The summed E-state index contributed by atoms with van der Waals surface area (Å²) in [5, 5.41) is 3.90. The van der Waals surface area contributed by atoms with Crippen LogP contribution in [0, 0.1) is 5.92 Å². The van der Waals surface area contributed by atoms with E-state index in [2.05, 4.69) is 20.5 Å². The number of rotatable bonds is 4. The number of nitrogens with one attached hydrogen (secondary N) is 1. The number of hydrogen-bond donors (Lipinski definition) is 2. The van der Waals surface area contributed by atoms with Crippen molar-refractivity contribution in [1.82, 2.24) is 15.4 Å². The summed E-state index contributed by atoms with van der Waals surface area (Å²) in [6.45, 7) is 3.77. The molecule has 6 nitrogen and oxygen atoms in total. The van der Waals surface area contributed by atoms with Crippen LogP contribution in [0.3, 0.4) is 0 Å². The van der Waals surface area contributed by atoms with Crippen molar-refractivity contribution in [2.75, 3.05) is 0 Å². The molecule has 0 bridgehead atoms. The Balaban J connectivity index is 0.00000220. The molecule has 112 valence electrons. The van der Waals surface area contributed by atoms with Crippen molar-refractivity contribution in [1.29, 1.82) is 0 Å². The molecular formula is C14H18ClN5O. The van der Waals surface area contributed by atoms with Crippen LogP contribution in [0.5, 0.6) is 0 Å². The topological polar surface area (TPSA) is 93.3 Å². The number of carbonyl (C=O) groups is 1. The first-order valence-electron chi connectivity index (χ1n) is 6.37. The Labute approximate surface area is 129 Å². The van der Waals surface area contributed by atoms with E-state index < -0.39 is 6.04 Å². The van der Waals surface area contributed by atoms with Crippen LogP contribution in [0.4, 0.5) is 0 Å². The average Bonchev–Trinajstić information content (AvgIpc) is 2.46. The number of fused-ring (bicyclic) bond motifs is 1. The van der Waals surface area contributed by atoms with Gasteiger partial charge < -0.3 is 5.73 Å². The molecule has 3 N–H and O–H groups in total. The molecule has 0 saturated carbocycles. The van der Waals surface area contributed by atoms with Crippen LogP contribution < -0.4 is 11.2 Å². The molecule has 1 amide bonds. The van der Waals surface area contributed by atoms with Crippen LogP contribution in [0.25, 0.3) is 11.0 Å². The van der Waals surface area contributed by atoms with Crippen molar-refractivity contribution in [2.24, 2.45) is 16.8 Å². The predicted octanol–water partition coefficient (Wildman–Crippen LogP) is 1.48. The van der Waals surface area contributed by atoms with E-state index in [4.69, 9.17) is 5.73 Å². The number of carbonyl (C=O) groups excluding carboxylic acids is 1. The number of aromatic nitrogens is 2. The monoisotopic (exact) mass is 307 g/mol. The van der Waals surface area contributed by atoms with Crippen LogP contribution in [-0.2, 0) is 4.79 Å². The highest BCUT2D eigenvalue weighted by molar-refractivity contribution is 5.88. The van der Waals surface area contributed by atoms with Crippen LogP contribution in [0.2, 0.25) is 0 Å². The molecule has 0 aliphatic carbocycles. The third kappa shape index (κ3) is 4.47. The van der Waals surface area contributed by atoms with Gasteiger partial charge >= 0.3 is 0 Å². The minimum absolute atomic E-state index is 0. The number of amides is 1. The Morgan fingerprint density at radius 3 is 2.62 bits per heavy atom. The molecule has 1 heterocycles.